The van der Waals surface area contributed by atoms with Crippen molar-refractivity contribution in [2.75, 3.05) is 16.8 Å². The average Bonchev–Trinajstić information content (AvgIpc) is 2.70. The van der Waals surface area contributed by atoms with E-state index in [9.17, 15) is 4.79 Å². The maximum Gasteiger partial charge on any atom is 0.224 e. The van der Waals surface area contributed by atoms with Crippen molar-refractivity contribution in [2.45, 2.75) is 32.2 Å². The van der Waals surface area contributed by atoms with Crippen LogP contribution in [0.15, 0.2) is 0 Å². The molecule has 0 aromatic carbocycles. The van der Waals surface area contributed by atoms with Crippen molar-refractivity contribution in [3.05, 3.63) is 0 Å². The average molecular weight is 280 g/mol. The van der Waals surface area contributed by atoms with Gasteiger partial charge in [0.25, 0.3) is 0 Å². The van der Waals surface area contributed by atoms with Gasteiger partial charge in [0.15, 0.2) is 0 Å². The highest BCUT2D eigenvalue weighted by atomic mass is 79.9. The Balaban J connectivity index is 2.45. The quantitative estimate of drug-likeness (QED) is 0.801. The zero-order chi connectivity index (χ0) is 10.6. The molecular weight excluding hydrogens is 262 g/mol. The van der Waals surface area contributed by atoms with Gasteiger partial charge in [-0.3, -0.25) is 4.79 Å². The van der Waals surface area contributed by atoms with E-state index in [0.717, 1.165) is 29.7 Å². The summed E-state index contributed by atoms with van der Waals surface area (Å²) in [7, 11) is 0. The molecule has 1 heterocycles. The Labute approximate surface area is 98.7 Å². The van der Waals surface area contributed by atoms with E-state index in [-0.39, 0.29) is 17.4 Å². The van der Waals surface area contributed by atoms with Crippen LogP contribution in [0, 0.1) is 5.92 Å². The Morgan fingerprint density at radius 3 is 2.86 bits per heavy atom. The van der Waals surface area contributed by atoms with Crippen molar-refractivity contribution in [1.82, 2.24) is 5.32 Å². The largest absolute Gasteiger partial charge is 0.350 e. The molecule has 0 spiro atoms. The number of halogens is 1. The fourth-order valence-corrected chi connectivity index (χ4v) is 3.11. The third-order valence-corrected chi connectivity index (χ3v) is 5.20. The fourth-order valence-electron chi connectivity index (χ4n) is 1.36. The highest BCUT2D eigenvalue weighted by molar-refractivity contribution is 9.09. The first-order valence-electron chi connectivity index (χ1n) is 5.07. The second-order valence-electron chi connectivity index (χ2n) is 4.10. The van der Waals surface area contributed by atoms with Crippen LogP contribution < -0.4 is 5.32 Å². The molecule has 1 rings (SSSR count). The third-order valence-electron chi connectivity index (χ3n) is 2.80. The molecule has 0 saturated carbocycles. The predicted octanol–water partition coefficient (Wildman–Crippen LogP) is 2.42. The predicted molar refractivity (Wildman–Crippen MR) is 66.1 cm³/mol. The first-order valence-corrected chi connectivity index (χ1v) is 7.34. The summed E-state index contributed by atoms with van der Waals surface area (Å²) < 4.78 is 0. The van der Waals surface area contributed by atoms with Gasteiger partial charge >= 0.3 is 0 Å². The van der Waals surface area contributed by atoms with Crippen molar-refractivity contribution in [1.29, 1.82) is 0 Å². The molecule has 1 N–H and O–H groups in total. The Morgan fingerprint density at radius 2 is 2.43 bits per heavy atom. The Hall–Kier alpha value is 0.300. The summed E-state index contributed by atoms with van der Waals surface area (Å²) in [6.45, 7) is 4.19. The van der Waals surface area contributed by atoms with E-state index >= 15 is 0 Å². The molecular formula is C10H18BrNOS. The topological polar surface area (TPSA) is 29.1 Å². The van der Waals surface area contributed by atoms with E-state index in [0.29, 0.717) is 0 Å². The Morgan fingerprint density at radius 1 is 1.71 bits per heavy atom. The number of hydrogen-bond donors (Lipinski definition) is 1. The number of amides is 1. The standard InChI is InChI=1S/C10H18BrNOS/c1-3-10(2,7-11)12-9(13)8-4-5-14-6-8/h8H,3-7H2,1-2H3,(H,12,13). The first-order chi connectivity index (χ1) is 6.61. The zero-order valence-corrected chi connectivity index (χ0v) is 11.2. The molecule has 1 amide bonds. The van der Waals surface area contributed by atoms with E-state index in [4.69, 9.17) is 0 Å². The van der Waals surface area contributed by atoms with Crippen molar-refractivity contribution >= 4 is 33.6 Å². The monoisotopic (exact) mass is 279 g/mol. The number of rotatable bonds is 4. The van der Waals surface area contributed by atoms with Crippen molar-refractivity contribution in [3.8, 4) is 0 Å². The molecule has 1 saturated heterocycles. The number of nitrogens with one attached hydrogen (secondary N) is 1. The highest BCUT2D eigenvalue weighted by Gasteiger charge is 2.29. The molecule has 2 unspecified atom stereocenters. The number of alkyl halides is 1. The molecule has 0 radical (unpaired) electrons. The van der Waals surface area contributed by atoms with Gasteiger partial charge in [0.1, 0.15) is 0 Å². The highest BCUT2D eigenvalue weighted by Crippen LogP contribution is 2.24. The summed E-state index contributed by atoms with van der Waals surface area (Å²) in [6, 6.07) is 0. The van der Waals surface area contributed by atoms with Crippen molar-refractivity contribution in [2.24, 2.45) is 5.92 Å². The van der Waals surface area contributed by atoms with E-state index in [2.05, 4.69) is 35.1 Å². The van der Waals surface area contributed by atoms with Gasteiger partial charge < -0.3 is 5.32 Å². The summed E-state index contributed by atoms with van der Waals surface area (Å²) in [4.78, 5) is 11.8. The van der Waals surface area contributed by atoms with Gasteiger partial charge in [-0.1, -0.05) is 22.9 Å². The van der Waals surface area contributed by atoms with Crippen LogP contribution in [-0.4, -0.2) is 28.3 Å². The van der Waals surface area contributed by atoms with Gasteiger partial charge in [-0.15, -0.1) is 0 Å². The smallest absolute Gasteiger partial charge is 0.224 e. The fraction of sp³-hybridized carbons (Fsp3) is 0.900. The maximum atomic E-state index is 11.8. The van der Waals surface area contributed by atoms with Crippen LogP contribution in [0.5, 0.6) is 0 Å². The van der Waals surface area contributed by atoms with E-state index in [1.807, 2.05) is 11.8 Å². The van der Waals surface area contributed by atoms with Crippen LogP contribution in [0.2, 0.25) is 0 Å². The van der Waals surface area contributed by atoms with Crippen LogP contribution >= 0.6 is 27.7 Å². The molecule has 1 fully saturated rings. The number of carbonyl (C=O) groups excluding carboxylic acids is 1. The molecule has 14 heavy (non-hydrogen) atoms. The molecule has 0 aromatic rings. The minimum absolute atomic E-state index is 0.0790. The third kappa shape index (κ3) is 3.16. The Kier molecular flexibility index (Phi) is 4.77. The van der Waals surface area contributed by atoms with Crippen LogP contribution in [0.3, 0.4) is 0 Å². The van der Waals surface area contributed by atoms with Crippen molar-refractivity contribution < 1.29 is 4.79 Å². The molecule has 1 aliphatic rings. The molecule has 1 aliphatic heterocycles. The summed E-state index contributed by atoms with van der Waals surface area (Å²) >= 11 is 5.33. The normalized spacial score (nSPS) is 25.8. The van der Waals surface area contributed by atoms with E-state index in [1.165, 1.54) is 0 Å². The van der Waals surface area contributed by atoms with Gasteiger partial charge in [0.2, 0.25) is 5.91 Å². The minimum Gasteiger partial charge on any atom is -0.350 e. The molecule has 4 heteroatoms. The van der Waals surface area contributed by atoms with E-state index < -0.39 is 0 Å². The van der Waals surface area contributed by atoms with Gasteiger partial charge in [0.05, 0.1) is 0 Å². The lowest BCUT2D eigenvalue weighted by Gasteiger charge is -2.28. The summed E-state index contributed by atoms with van der Waals surface area (Å²) in [5.74, 6) is 2.60. The zero-order valence-electron chi connectivity index (χ0n) is 8.81. The summed E-state index contributed by atoms with van der Waals surface area (Å²) in [6.07, 6.45) is 2.00. The SMILES string of the molecule is CCC(C)(CBr)NC(=O)C1CCSC1. The lowest BCUT2D eigenvalue weighted by Crippen LogP contribution is -2.49. The number of thioether (sulfide) groups is 1. The van der Waals surface area contributed by atoms with Crippen LogP contribution in [0.25, 0.3) is 0 Å². The van der Waals surface area contributed by atoms with Crippen molar-refractivity contribution in [3.63, 3.8) is 0 Å². The Bertz CT molecular complexity index is 200. The second-order valence-corrected chi connectivity index (χ2v) is 5.81. The number of carbonyl (C=O) groups is 1. The summed E-state index contributed by atoms with van der Waals surface area (Å²) in [5.41, 5.74) is -0.0790. The number of hydrogen-bond acceptors (Lipinski definition) is 2. The van der Waals surface area contributed by atoms with Crippen LogP contribution in [0.4, 0.5) is 0 Å². The molecule has 0 aromatic heterocycles. The van der Waals surface area contributed by atoms with Gasteiger partial charge in [0, 0.05) is 22.5 Å². The summed E-state index contributed by atoms with van der Waals surface area (Å²) in [5, 5.41) is 3.96. The molecule has 0 bridgehead atoms. The molecule has 2 atom stereocenters. The lowest BCUT2D eigenvalue weighted by molar-refractivity contribution is -0.125. The molecule has 2 nitrogen and oxygen atoms in total. The van der Waals surface area contributed by atoms with Gasteiger partial charge in [-0.2, -0.15) is 11.8 Å². The molecule has 0 aliphatic carbocycles. The van der Waals surface area contributed by atoms with E-state index in [1.54, 1.807) is 0 Å². The van der Waals surface area contributed by atoms with Gasteiger partial charge in [-0.25, -0.2) is 0 Å². The lowest BCUT2D eigenvalue weighted by atomic mass is 9.99. The maximum absolute atomic E-state index is 11.8. The first kappa shape index (κ1) is 12.4. The van der Waals surface area contributed by atoms with Crippen LogP contribution in [-0.2, 0) is 4.79 Å². The van der Waals surface area contributed by atoms with Gasteiger partial charge in [-0.05, 0) is 25.5 Å². The van der Waals surface area contributed by atoms with Crippen LogP contribution in [0.1, 0.15) is 26.7 Å². The molecule has 82 valence electrons. The second kappa shape index (κ2) is 5.40. The minimum atomic E-state index is -0.0790.